The average Bonchev–Trinajstić information content (AvgIpc) is 2.12. The van der Waals surface area contributed by atoms with E-state index in [1.54, 1.807) is 0 Å². The van der Waals surface area contributed by atoms with Crippen molar-refractivity contribution in [1.29, 1.82) is 5.26 Å². The smallest absolute Gasteiger partial charge is 0.177 e. The average molecular weight is 180 g/mol. The predicted molar refractivity (Wildman–Crippen MR) is 39.9 cm³/mol. The Hall–Kier alpha value is -2.12. The van der Waals surface area contributed by atoms with Crippen LogP contribution < -0.4 is 0 Å². The Morgan fingerprint density at radius 3 is 2.69 bits per heavy atom. The first-order valence-electron chi connectivity index (χ1n) is 3.14. The van der Waals surface area contributed by atoms with Gasteiger partial charge in [-0.3, -0.25) is 0 Å². The number of benzene rings is 1. The largest absolute Gasteiger partial charge is 0.204 e. The molecule has 0 N–H and O–H groups in total. The van der Waals surface area contributed by atoms with Crippen molar-refractivity contribution in [1.82, 2.24) is 0 Å². The van der Waals surface area contributed by atoms with E-state index in [1.807, 2.05) is 0 Å². The summed E-state index contributed by atoms with van der Waals surface area (Å²) in [6.45, 7) is 0. The third-order valence-electron chi connectivity index (χ3n) is 1.34. The minimum absolute atomic E-state index is 0.219. The van der Waals surface area contributed by atoms with Crippen LogP contribution in [-0.2, 0) is 0 Å². The van der Waals surface area contributed by atoms with Crippen LogP contribution in [0.2, 0.25) is 0 Å². The third-order valence-corrected chi connectivity index (χ3v) is 1.34. The molecule has 0 saturated heterocycles. The minimum atomic E-state index is -1.30. The number of halogens is 2. The SMILES string of the molecule is N#Cc1c(N=[N+]=[N-])ccc(F)c1F. The van der Waals surface area contributed by atoms with Gasteiger partial charge in [0.2, 0.25) is 0 Å². The maximum atomic E-state index is 12.8. The van der Waals surface area contributed by atoms with E-state index in [-0.39, 0.29) is 5.69 Å². The molecule has 0 aliphatic carbocycles. The van der Waals surface area contributed by atoms with E-state index in [4.69, 9.17) is 10.8 Å². The summed E-state index contributed by atoms with van der Waals surface area (Å²) >= 11 is 0. The molecule has 0 aliphatic rings. The second-order valence-corrected chi connectivity index (χ2v) is 2.06. The number of rotatable bonds is 1. The van der Waals surface area contributed by atoms with Crippen LogP contribution >= 0.6 is 0 Å². The van der Waals surface area contributed by atoms with Crippen LogP contribution in [0, 0.1) is 23.0 Å². The fraction of sp³-hybridized carbons (Fsp3) is 0. The molecule has 6 heteroatoms. The van der Waals surface area contributed by atoms with Crippen molar-refractivity contribution in [2.45, 2.75) is 0 Å². The van der Waals surface area contributed by atoms with Crippen molar-refractivity contribution in [2.24, 2.45) is 5.11 Å². The highest BCUT2D eigenvalue weighted by molar-refractivity contribution is 5.53. The molecular formula is C7H2F2N4. The molecule has 0 spiro atoms. The highest BCUT2D eigenvalue weighted by Crippen LogP contribution is 2.23. The molecule has 1 aromatic carbocycles. The van der Waals surface area contributed by atoms with E-state index >= 15 is 0 Å². The quantitative estimate of drug-likeness (QED) is 0.372. The van der Waals surface area contributed by atoms with E-state index in [1.165, 1.54) is 6.07 Å². The Morgan fingerprint density at radius 1 is 1.46 bits per heavy atom. The van der Waals surface area contributed by atoms with Gasteiger partial charge in [-0.15, -0.1) is 0 Å². The molecular weight excluding hydrogens is 178 g/mol. The van der Waals surface area contributed by atoms with Gasteiger partial charge in [-0.2, -0.15) is 5.26 Å². The van der Waals surface area contributed by atoms with Crippen LogP contribution in [0.25, 0.3) is 10.4 Å². The minimum Gasteiger partial charge on any atom is -0.204 e. The van der Waals surface area contributed by atoms with Crippen LogP contribution in [0.15, 0.2) is 17.2 Å². The van der Waals surface area contributed by atoms with Gasteiger partial charge in [0.1, 0.15) is 11.6 Å². The lowest BCUT2D eigenvalue weighted by Crippen LogP contribution is -1.89. The molecule has 0 radical (unpaired) electrons. The Morgan fingerprint density at radius 2 is 2.15 bits per heavy atom. The normalized spacial score (nSPS) is 8.69. The fourth-order valence-corrected chi connectivity index (χ4v) is 0.778. The zero-order valence-electron chi connectivity index (χ0n) is 6.20. The summed E-state index contributed by atoms with van der Waals surface area (Å²) in [6, 6.07) is 3.24. The van der Waals surface area contributed by atoms with E-state index in [0.717, 1.165) is 12.1 Å². The van der Waals surface area contributed by atoms with Gasteiger partial charge in [-0.25, -0.2) is 8.78 Å². The molecule has 0 amide bonds. The van der Waals surface area contributed by atoms with E-state index in [2.05, 4.69) is 10.0 Å². The van der Waals surface area contributed by atoms with Crippen molar-refractivity contribution < 1.29 is 8.78 Å². The Bertz CT molecular complexity index is 429. The predicted octanol–water partition coefficient (Wildman–Crippen LogP) is 2.78. The second-order valence-electron chi connectivity index (χ2n) is 2.06. The van der Waals surface area contributed by atoms with Crippen LogP contribution in [0.5, 0.6) is 0 Å². The van der Waals surface area contributed by atoms with E-state index in [9.17, 15) is 8.78 Å². The zero-order valence-corrected chi connectivity index (χ0v) is 6.20. The summed E-state index contributed by atoms with van der Waals surface area (Å²) in [7, 11) is 0. The van der Waals surface area contributed by atoms with Gasteiger partial charge in [0, 0.05) is 4.91 Å². The topological polar surface area (TPSA) is 72.5 Å². The highest BCUT2D eigenvalue weighted by atomic mass is 19.2. The van der Waals surface area contributed by atoms with Crippen LogP contribution in [0.3, 0.4) is 0 Å². The summed E-state index contributed by atoms with van der Waals surface area (Å²) in [5, 5.41) is 11.4. The standard InChI is InChI=1S/C7H2F2N4/c8-5-1-2-6(12-13-11)4(3-10)7(5)9/h1-2H. The molecule has 0 aromatic heterocycles. The van der Waals surface area contributed by atoms with Crippen LogP contribution in [0.4, 0.5) is 14.5 Å². The first-order valence-corrected chi connectivity index (χ1v) is 3.14. The molecule has 0 unspecified atom stereocenters. The van der Waals surface area contributed by atoms with Crippen LogP contribution in [-0.4, -0.2) is 0 Å². The number of hydrogen-bond donors (Lipinski definition) is 0. The fourth-order valence-electron chi connectivity index (χ4n) is 0.778. The van der Waals surface area contributed by atoms with E-state index in [0.29, 0.717) is 0 Å². The molecule has 0 atom stereocenters. The molecule has 0 fully saturated rings. The summed E-state index contributed by atoms with van der Waals surface area (Å²) < 4.78 is 25.3. The van der Waals surface area contributed by atoms with Crippen molar-refractivity contribution in [3.8, 4) is 6.07 Å². The monoisotopic (exact) mass is 180 g/mol. The summed E-state index contributed by atoms with van der Waals surface area (Å²) in [5.74, 6) is -2.44. The third kappa shape index (κ3) is 1.55. The van der Waals surface area contributed by atoms with Crippen LogP contribution in [0.1, 0.15) is 5.56 Å². The van der Waals surface area contributed by atoms with Gasteiger partial charge in [0.05, 0.1) is 5.69 Å². The molecule has 0 heterocycles. The van der Waals surface area contributed by atoms with Gasteiger partial charge >= 0.3 is 0 Å². The van der Waals surface area contributed by atoms with Crippen molar-refractivity contribution in [3.05, 3.63) is 39.8 Å². The lowest BCUT2D eigenvalue weighted by atomic mass is 10.2. The molecule has 0 saturated carbocycles. The molecule has 0 aliphatic heterocycles. The Balaban J connectivity index is 3.49. The Kier molecular flexibility index (Phi) is 2.43. The van der Waals surface area contributed by atoms with E-state index < -0.39 is 17.2 Å². The molecule has 0 bridgehead atoms. The van der Waals surface area contributed by atoms with Gasteiger partial charge in [-0.1, -0.05) is 5.11 Å². The van der Waals surface area contributed by atoms with Crippen molar-refractivity contribution >= 4 is 5.69 Å². The van der Waals surface area contributed by atoms with Gasteiger partial charge < -0.3 is 0 Å². The number of nitriles is 1. The maximum Gasteiger partial charge on any atom is 0.177 e. The first-order chi connectivity index (χ1) is 6.20. The number of nitrogens with zero attached hydrogens (tertiary/aromatic N) is 4. The molecule has 4 nitrogen and oxygen atoms in total. The summed E-state index contributed by atoms with van der Waals surface area (Å²) in [5.41, 5.74) is 7.23. The molecule has 1 aromatic rings. The Labute approximate surface area is 71.7 Å². The first kappa shape index (κ1) is 8.97. The lowest BCUT2D eigenvalue weighted by Gasteiger charge is -1.97. The zero-order chi connectivity index (χ0) is 9.84. The molecule has 64 valence electrons. The maximum absolute atomic E-state index is 12.8. The highest BCUT2D eigenvalue weighted by Gasteiger charge is 2.11. The van der Waals surface area contributed by atoms with Crippen molar-refractivity contribution in [3.63, 3.8) is 0 Å². The number of hydrogen-bond acceptors (Lipinski definition) is 2. The van der Waals surface area contributed by atoms with Gasteiger partial charge in [0.25, 0.3) is 0 Å². The second kappa shape index (κ2) is 3.52. The number of azide groups is 1. The van der Waals surface area contributed by atoms with Gasteiger partial charge in [0.15, 0.2) is 11.6 Å². The van der Waals surface area contributed by atoms with Gasteiger partial charge in [-0.05, 0) is 17.7 Å². The molecule has 13 heavy (non-hydrogen) atoms. The lowest BCUT2D eigenvalue weighted by molar-refractivity contribution is 0.506. The summed E-state index contributed by atoms with van der Waals surface area (Å²) in [4.78, 5) is 2.37. The van der Waals surface area contributed by atoms with Crippen molar-refractivity contribution in [2.75, 3.05) is 0 Å². The summed E-state index contributed by atoms with van der Waals surface area (Å²) in [6.07, 6.45) is 0. The molecule has 1 rings (SSSR count).